The van der Waals surface area contributed by atoms with Crippen LogP contribution in [0, 0.1) is 0 Å². The van der Waals surface area contributed by atoms with Crippen molar-refractivity contribution in [2.24, 2.45) is 0 Å². The Hall–Kier alpha value is -0.920. The minimum absolute atomic E-state index is 0.0133. The quantitative estimate of drug-likeness (QED) is 0.825. The Morgan fingerprint density at radius 1 is 1.32 bits per heavy atom. The molecule has 1 heterocycles. The lowest BCUT2D eigenvalue weighted by Gasteiger charge is -2.29. The van der Waals surface area contributed by atoms with Gasteiger partial charge in [-0.2, -0.15) is 0 Å². The maximum absolute atomic E-state index is 12.8. The summed E-state index contributed by atoms with van der Waals surface area (Å²) in [6.45, 7) is 4.53. The first-order chi connectivity index (χ1) is 10.2. The van der Waals surface area contributed by atoms with Crippen molar-refractivity contribution in [3.63, 3.8) is 0 Å². The average molecular weight is 389 g/mol. The number of sulfone groups is 1. The van der Waals surface area contributed by atoms with E-state index in [2.05, 4.69) is 26.6 Å². The fourth-order valence-corrected chi connectivity index (χ4v) is 4.02. The van der Waals surface area contributed by atoms with E-state index >= 15 is 0 Å². The summed E-state index contributed by atoms with van der Waals surface area (Å²) in [5, 5.41) is 6.06. The summed E-state index contributed by atoms with van der Waals surface area (Å²) < 4.78 is 24.8. The largest absolute Gasteiger partial charge is 0.351 e. The van der Waals surface area contributed by atoms with Crippen molar-refractivity contribution in [3.8, 4) is 0 Å². The van der Waals surface area contributed by atoms with Crippen molar-refractivity contribution in [1.82, 2.24) is 10.6 Å². The number of rotatable bonds is 4. The Labute approximate surface area is 139 Å². The Morgan fingerprint density at radius 3 is 2.50 bits per heavy atom. The van der Waals surface area contributed by atoms with Gasteiger partial charge in [-0.15, -0.1) is 0 Å². The Balaban J connectivity index is 2.19. The molecule has 22 heavy (non-hydrogen) atoms. The van der Waals surface area contributed by atoms with Crippen LogP contribution in [0.2, 0.25) is 0 Å². The first-order valence-corrected chi connectivity index (χ1v) is 9.54. The van der Waals surface area contributed by atoms with E-state index in [-0.39, 0.29) is 10.9 Å². The van der Waals surface area contributed by atoms with E-state index in [4.69, 9.17) is 0 Å². The summed E-state index contributed by atoms with van der Waals surface area (Å²) in [4.78, 5) is 12.6. The second-order valence-electron chi connectivity index (χ2n) is 5.98. The lowest BCUT2D eigenvalue weighted by Crippen LogP contribution is -2.54. The van der Waals surface area contributed by atoms with Gasteiger partial charge in [0.25, 0.3) is 0 Å². The van der Waals surface area contributed by atoms with Gasteiger partial charge in [0.05, 0.1) is 4.90 Å². The van der Waals surface area contributed by atoms with Gasteiger partial charge in [-0.25, -0.2) is 8.42 Å². The number of halogens is 1. The van der Waals surface area contributed by atoms with Crippen molar-refractivity contribution >= 4 is 31.7 Å². The zero-order valence-corrected chi connectivity index (χ0v) is 15.1. The van der Waals surface area contributed by atoms with Gasteiger partial charge in [0.1, 0.15) is 4.75 Å². The summed E-state index contributed by atoms with van der Waals surface area (Å²) in [5.74, 6) is -0.455. The number of carbonyl (C=O) groups excluding carboxylic acids is 1. The molecule has 1 amide bonds. The highest BCUT2D eigenvalue weighted by molar-refractivity contribution is 9.10. The number of hydrogen-bond donors (Lipinski definition) is 2. The fraction of sp³-hybridized carbons (Fsp3) is 0.533. The molecule has 1 aromatic rings. The molecule has 1 aliphatic heterocycles. The third-order valence-corrected chi connectivity index (χ3v) is 6.93. The number of nitrogens with one attached hydrogen (secondary N) is 2. The summed E-state index contributed by atoms with van der Waals surface area (Å²) in [6.07, 6.45) is 1.85. The van der Waals surface area contributed by atoms with Crippen LogP contribution in [0.5, 0.6) is 0 Å². The molecule has 1 aliphatic rings. The summed E-state index contributed by atoms with van der Waals surface area (Å²) >= 11 is 3.28. The highest BCUT2D eigenvalue weighted by Gasteiger charge is 2.43. The maximum Gasteiger partial charge on any atom is 0.241 e. The van der Waals surface area contributed by atoms with E-state index in [1.807, 2.05) is 0 Å². The fourth-order valence-electron chi connectivity index (χ4n) is 2.36. The van der Waals surface area contributed by atoms with E-state index in [0.717, 1.165) is 23.9 Å². The van der Waals surface area contributed by atoms with Crippen molar-refractivity contribution in [2.75, 3.05) is 13.1 Å². The van der Waals surface area contributed by atoms with Crippen LogP contribution in [-0.4, -0.2) is 38.2 Å². The summed E-state index contributed by atoms with van der Waals surface area (Å²) in [5.41, 5.74) is 0. The lowest BCUT2D eigenvalue weighted by molar-refractivity contribution is -0.123. The maximum atomic E-state index is 12.8. The minimum Gasteiger partial charge on any atom is -0.351 e. The molecule has 0 spiro atoms. The molecule has 0 saturated carbocycles. The third-order valence-electron chi connectivity index (χ3n) is 3.97. The topological polar surface area (TPSA) is 75.3 Å². The van der Waals surface area contributed by atoms with E-state index in [9.17, 15) is 13.2 Å². The van der Waals surface area contributed by atoms with Crippen molar-refractivity contribution in [2.45, 2.75) is 42.4 Å². The normalized spacial score (nSPS) is 19.7. The first-order valence-electron chi connectivity index (χ1n) is 7.27. The minimum atomic E-state index is -3.76. The highest BCUT2D eigenvalue weighted by Crippen LogP contribution is 2.27. The molecule has 5 nitrogen and oxygen atoms in total. The Bertz CT molecular complexity index is 635. The second-order valence-corrected chi connectivity index (χ2v) is 9.40. The molecule has 2 rings (SSSR count). The predicted molar refractivity (Wildman–Crippen MR) is 89.4 cm³/mol. The number of piperidine rings is 1. The highest BCUT2D eigenvalue weighted by atomic mass is 79.9. The molecule has 122 valence electrons. The molecule has 1 fully saturated rings. The van der Waals surface area contributed by atoms with Crippen LogP contribution in [-0.2, 0) is 14.6 Å². The van der Waals surface area contributed by atoms with Gasteiger partial charge in [0.15, 0.2) is 9.84 Å². The van der Waals surface area contributed by atoms with Crippen molar-refractivity contribution in [3.05, 3.63) is 28.7 Å². The van der Waals surface area contributed by atoms with Crippen LogP contribution in [0.25, 0.3) is 0 Å². The SMILES string of the molecule is CC(C)(C(=O)N[C@H]1CCCNC1)S(=O)(=O)c1ccc(Br)cc1. The monoisotopic (exact) mass is 388 g/mol. The van der Waals surface area contributed by atoms with Crippen LogP contribution < -0.4 is 10.6 Å². The van der Waals surface area contributed by atoms with E-state index in [0.29, 0.717) is 6.54 Å². The molecule has 2 N–H and O–H groups in total. The predicted octanol–water partition coefficient (Wildman–Crippen LogP) is 1.87. The number of amides is 1. The molecule has 7 heteroatoms. The molecule has 1 aromatic carbocycles. The van der Waals surface area contributed by atoms with Gasteiger partial charge in [-0.3, -0.25) is 4.79 Å². The standard InChI is InChI=1S/C15H21BrN2O3S/c1-15(2,14(19)18-12-4-3-9-17-10-12)22(20,21)13-7-5-11(16)6-8-13/h5-8,12,17H,3-4,9-10H2,1-2H3,(H,18,19)/t12-/m0/s1. The molecule has 1 saturated heterocycles. The number of hydrogen-bond acceptors (Lipinski definition) is 4. The second kappa shape index (κ2) is 6.68. The zero-order valence-electron chi connectivity index (χ0n) is 12.7. The molecule has 0 aliphatic carbocycles. The summed E-state index contributed by atoms with van der Waals surface area (Å²) in [6, 6.07) is 6.33. The Morgan fingerprint density at radius 2 is 1.95 bits per heavy atom. The summed E-state index contributed by atoms with van der Waals surface area (Å²) in [7, 11) is -3.76. The molecule has 1 atom stereocenters. The molecular weight excluding hydrogens is 368 g/mol. The van der Waals surface area contributed by atoms with Gasteiger partial charge in [0.2, 0.25) is 5.91 Å². The van der Waals surface area contributed by atoms with E-state index in [1.54, 1.807) is 12.1 Å². The van der Waals surface area contributed by atoms with Crippen LogP contribution in [0.3, 0.4) is 0 Å². The van der Waals surface area contributed by atoms with Crippen molar-refractivity contribution in [1.29, 1.82) is 0 Å². The zero-order chi connectivity index (χ0) is 16.4. The smallest absolute Gasteiger partial charge is 0.241 e. The van der Waals surface area contributed by atoms with E-state index in [1.165, 1.54) is 26.0 Å². The van der Waals surface area contributed by atoms with Crippen LogP contribution in [0.15, 0.2) is 33.6 Å². The molecular formula is C15H21BrN2O3S. The van der Waals surface area contributed by atoms with Gasteiger partial charge < -0.3 is 10.6 Å². The van der Waals surface area contributed by atoms with Gasteiger partial charge in [-0.05, 0) is 57.5 Å². The molecule has 0 unspecified atom stereocenters. The van der Waals surface area contributed by atoms with Gasteiger partial charge >= 0.3 is 0 Å². The Kier molecular flexibility index (Phi) is 5.29. The van der Waals surface area contributed by atoms with E-state index < -0.39 is 20.5 Å². The molecule has 0 aromatic heterocycles. The van der Waals surface area contributed by atoms with Gasteiger partial charge in [0, 0.05) is 17.1 Å². The lowest BCUT2D eigenvalue weighted by atomic mass is 10.1. The van der Waals surface area contributed by atoms with Crippen molar-refractivity contribution < 1.29 is 13.2 Å². The third kappa shape index (κ3) is 3.52. The number of carbonyl (C=O) groups is 1. The first kappa shape index (κ1) is 17.4. The number of benzene rings is 1. The van der Waals surface area contributed by atoms with Crippen LogP contribution in [0.1, 0.15) is 26.7 Å². The molecule has 0 bridgehead atoms. The van der Waals surface area contributed by atoms with Crippen LogP contribution in [0.4, 0.5) is 0 Å². The molecule has 0 radical (unpaired) electrons. The average Bonchev–Trinajstić information content (AvgIpc) is 2.48. The van der Waals surface area contributed by atoms with Crippen LogP contribution >= 0.6 is 15.9 Å². The van der Waals surface area contributed by atoms with Gasteiger partial charge in [-0.1, -0.05) is 15.9 Å².